The van der Waals surface area contributed by atoms with Gasteiger partial charge in [-0.3, -0.25) is 4.79 Å². The zero-order valence-corrected chi connectivity index (χ0v) is 15.2. The Morgan fingerprint density at radius 1 is 1.04 bits per heavy atom. The van der Waals surface area contributed by atoms with Crippen LogP contribution in [0.25, 0.3) is 0 Å². The van der Waals surface area contributed by atoms with E-state index in [9.17, 15) is 4.79 Å². The fourth-order valence-corrected chi connectivity index (χ4v) is 2.33. The standard InChI is InChI=1S/C20H25NO4/c1-5-23-16-10-11-19(24-6-2)18(13-16)21-20(22)15(4)25-17-9-7-8-14(3)12-17/h7-13,15H,5-6H2,1-4H3,(H,21,22)/t15-/m0/s1. The first-order chi connectivity index (χ1) is 12.0. The molecule has 25 heavy (non-hydrogen) atoms. The van der Waals surface area contributed by atoms with Gasteiger partial charge >= 0.3 is 0 Å². The van der Waals surface area contributed by atoms with Crippen molar-refractivity contribution in [3.05, 3.63) is 48.0 Å². The highest BCUT2D eigenvalue weighted by atomic mass is 16.5. The van der Waals surface area contributed by atoms with Crippen LogP contribution in [0.2, 0.25) is 0 Å². The van der Waals surface area contributed by atoms with Crippen molar-refractivity contribution < 1.29 is 19.0 Å². The maximum absolute atomic E-state index is 12.5. The second-order valence-corrected chi connectivity index (χ2v) is 5.59. The van der Waals surface area contributed by atoms with Crippen molar-refractivity contribution >= 4 is 11.6 Å². The summed E-state index contributed by atoms with van der Waals surface area (Å²) < 4.78 is 16.8. The van der Waals surface area contributed by atoms with Gasteiger partial charge < -0.3 is 19.5 Å². The molecule has 0 heterocycles. The molecule has 0 saturated heterocycles. The van der Waals surface area contributed by atoms with Crippen molar-refractivity contribution in [2.45, 2.75) is 33.8 Å². The molecule has 1 amide bonds. The number of hydrogen-bond donors (Lipinski definition) is 1. The van der Waals surface area contributed by atoms with Crippen molar-refractivity contribution in [1.29, 1.82) is 0 Å². The molecule has 2 aromatic carbocycles. The van der Waals surface area contributed by atoms with Gasteiger partial charge in [0.15, 0.2) is 6.10 Å². The number of benzene rings is 2. The Kier molecular flexibility index (Phi) is 6.69. The van der Waals surface area contributed by atoms with E-state index in [1.807, 2.05) is 51.1 Å². The van der Waals surface area contributed by atoms with Crippen molar-refractivity contribution in [2.75, 3.05) is 18.5 Å². The van der Waals surface area contributed by atoms with Gasteiger partial charge in [-0.05, 0) is 57.5 Å². The molecule has 2 aromatic rings. The summed E-state index contributed by atoms with van der Waals surface area (Å²) in [5.74, 6) is 1.68. The third kappa shape index (κ3) is 5.41. The van der Waals surface area contributed by atoms with Gasteiger partial charge in [-0.1, -0.05) is 12.1 Å². The first-order valence-electron chi connectivity index (χ1n) is 8.47. The number of carbonyl (C=O) groups is 1. The molecular formula is C20H25NO4. The highest BCUT2D eigenvalue weighted by Gasteiger charge is 2.17. The van der Waals surface area contributed by atoms with Gasteiger partial charge in [0.2, 0.25) is 0 Å². The molecule has 5 heteroatoms. The molecule has 1 atom stereocenters. The Labute approximate surface area is 148 Å². The lowest BCUT2D eigenvalue weighted by Gasteiger charge is -2.17. The zero-order valence-electron chi connectivity index (χ0n) is 15.2. The fraction of sp³-hybridized carbons (Fsp3) is 0.350. The van der Waals surface area contributed by atoms with Crippen LogP contribution in [0.15, 0.2) is 42.5 Å². The molecule has 0 spiro atoms. The fourth-order valence-electron chi connectivity index (χ4n) is 2.33. The van der Waals surface area contributed by atoms with Crippen molar-refractivity contribution in [1.82, 2.24) is 0 Å². The SMILES string of the molecule is CCOc1ccc(OCC)c(NC(=O)[C@H](C)Oc2cccc(C)c2)c1. The van der Waals surface area contributed by atoms with E-state index in [0.29, 0.717) is 36.1 Å². The molecule has 1 N–H and O–H groups in total. The Morgan fingerprint density at radius 3 is 2.48 bits per heavy atom. The Bertz CT molecular complexity index is 715. The molecule has 0 saturated carbocycles. The van der Waals surface area contributed by atoms with Gasteiger partial charge in [-0.25, -0.2) is 0 Å². The topological polar surface area (TPSA) is 56.8 Å². The van der Waals surface area contributed by atoms with Crippen molar-refractivity contribution in [2.24, 2.45) is 0 Å². The molecular weight excluding hydrogens is 318 g/mol. The second-order valence-electron chi connectivity index (χ2n) is 5.59. The molecule has 134 valence electrons. The predicted octanol–water partition coefficient (Wildman–Crippen LogP) is 4.20. The van der Waals surface area contributed by atoms with Crippen LogP contribution in [0.4, 0.5) is 5.69 Å². The number of rotatable bonds is 8. The van der Waals surface area contributed by atoms with Gasteiger partial charge in [-0.2, -0.15) is 0 Å². The molecule has 2 rings (SSSR count). The monoisotopic (exact) mass is 343 g/mol. The summed E-state index contributed by atoms with van der Waals surface area (Å²) in [6.45, 7) is 8.55. The van der Waals surface area contributed by atoms with E-state index in [1.54, 1.807) is 19.1 Å². The quantitative estimate of drug-likeness (QED) is 0.780. The first kappa shape index (κ1) is 18.6. The summed E-state index contributed by atoms with van der Waals surface area (Å²) in [6.07, 6.45) is -0.646. The van der Waals surface area contributed by atoms with Crippen LogP contribution in [0.1, 0.15) is 26.3 Å². The highest BCUT2D eigenvalue weighted by Crippen LogP contribution is 2.29. The minimum absolute atomic E-state index is 0.254. The second kappa shape index (κ2) is 8.97. The lowest BCUT2D eigenvalue weighted by atomic mass is 10.2. The summed E-state index contributed by atoms with van der Waals surface area (Å²) in [6, 6.07) is 13.0. The third-order valence-electron chi connectivity index (χ3n) is 3.49. The van der Waals surface area contributed by atoms with Gasteiger partial charge in [0.1, 0.15) is 17.2 Å². The van der Waals surface area contributed by atoms with Crippen LogP contribution in [0.3, 0.4) is 0 Å². The highest BCUT2D eigenvalue weighted by molar-refractivity contribution is 5.95. The van der Waals surface area contributed by atoms with Crippen LogP contribution in [-0.2, 0) is 4.79 Å². The number of ether oxygens (including phenoxy) is 3. The van der Waals surface area contributed by atoms with E-state index in [-0.39, 0.29) is 5.91 Å². The van der Waals surface area contributed by atoms with Crippen molar-refractivity contribution in [3.8, 4) is 17.2 Å². The van der Waals surface area contributed by atoms with E-state index in [0.717, 1.165) is 5.56 Å². The summed E-state index contributed by atoms with van der Waals surface area (Å²) >= 11 is 0. The van der Waals surface area contributed by atoms with Crippen LogP contribution in [0, 0.1) is 6.92 Å². The maximum Gasteiger partial charge on any atom is 0.265 e. The van der Waals surface area contributed by atoms with Crippen LogP contribution >= 0.6 is 0 Å². The third-order valence-corrected chi connectivity index (χ3v) is 3.49. The Hall–Kier alpha value is -2.69. The number of amides is 1. The largest absolute Gasteiger partial charge is 0.494 e. The molecule has 0 radical (unpaired) electrons. The first-order valence-corrected chi connectivity index (χ1v) is 8.47. The molecule has 0 aliphatic rings. The Balaban J connectivity index is 2.10. The van der Waals surface area contributed by atoms with E-state index in [1.165, 1.54) is 0 Å². The molecule has 0 aliphatic heterocycles. The summed E-state index contributed by atoms with van der Waals surface area (Å²) in [4.78, 5) is 12.5. The van der Waals surface area contributed by atoms with Gasteiger partial charge in [0.05, 0.1) is 18.9 Å². The Morgan fingerprint density at radius 2 is 1.80 bits per heavy atom. The van der Waals surface area contributed by atoms with E-state index < -0.39 is 6.10 Å². The molecule has 0 aromatic heterocycles. The van der Waals surface area contributed by atoms with Crippen molar-refractivity contribution in [3.63, 3.8) is 0 Å². The average Bonchev–Trinajstić information content (AvgIpc) is 2.57. The summed E-state index contributed by atoms with van der Waals surface area (Å²) in [5.41, 5.74) is 1.64. The number of anilines is 1. The smallest absolute Gasteiger partial charge is 0.265 e. The lowest BCUT2D eigenvalue weighted by molar-refractivity contribution is -0.122. The number of nitrogens with one attached hydrogen (secondary N) is 1. The van der Waals surface area contributed by atoms with E-state index in [4.69, 9.17) is 14.2 Å². The predicted molar refractivity (Wildman–Crippen MR) is 98.7 cm³/mol. The molecule has 0 bridgehead atoms. The van der Waals surface area contributed by atoms with Crippen LogP contribution < -0.4 is 19.5 Å². The number of hydrogen-bond acceptors (Lipinski definition) is 4. The maximum atomic E-state index is 12.5. The molecule has 0 unspecified atom stereocenters. The number of carbonyl (C=O) groups excluding carboxylic acids is 1. The minimum atomic E-state index is -0.646. The van der Waals surface area contributed by atoms with Gasteiger partial charge in [0.25, 0.3) is 5.91 Å². The zero-order chi connectivity index (χ0) is 18.2. The van der Waals surface area contributed by atoms with Crippen LogP contribution in [0.5, 0.6) is 17.2 Å². The lowest BCUT2D eigenvalue weighted by Crippen LogP contribution is -2.30. The van der Waals surface area contributed by atoms with E-state index >= 15 is 0 Å². The average molecular weight is 343 g/mol. The van der Waals surface area contributed by atoms with Gasteiger partial charge in [-0.15, -0.1) is 0 Å². The number of aryl methyl sites for hydroxylation is 1. The van der Waals surface area contributed by atoms with E-state index in [2.05, 4.69) is 5.32 Å². The summed E-state index contributed by atoms with van der Waals surface area (Å²) in [7, 11) is 0. The molecule has 0 fully saturated rings. The summed E-state index contributed by atoms with van der Waals surface area (Å²) in [5, 5.41) is 2.86. The minimum Gasteiger partial charge on any atom is -0.494 e. The molecule has 5 nitrogen and oxygen atoms in total. The van der Waals surface area contributed by atoms with Gasteiger partial charge in [0, 0.05) is 6.07 Å². The normalized spacial score (nSPS) is 11.5. The van der Waals surface area contributed by atoms with Crippen LogP contribution in [-0.4, -0.2) is 25.2 Å². The molecule has 0 aliphatic carbocycles.